The van der Waals surface area contributed by atoms with E-state index in [0.717, 1.165) is 17.9 Å². The number of nitrogens with zero attached hydrogens (tertiary/aromatic N) is 1. The van der Waals surface area contributed by atoms with Crippen molar-refractivity contribution in [1.82, 2.24) is 10.2 Å². The van der Waals surface area contributed by atoms with Gasteiger partial charge in [-0.05, 0) is 59.0 Å². The summed E-state index contributed by atoms with van der Waals surface area (Å²) in [5.41, 5.74) is 0. The Hall–Kier alpha value is -0.0800. The van der Waals surface area contributed by atoms with Gasteiger partial charge in [0.05, 0.1) is 0 Å². The van der Waals surface area contributed by atoms with Crippen LogP contribution < -0.4 is 5.32 Å². The van der Waals surface area contributed by atoms with Crippen molar-refractivity contribution < 1.29 is 0 Å². The van der Waals surface area contributed by atoms with Crippen LogP contribution in [0.15, 0.2) is 0 Å². The minimum atomic E-state index is 0.666. The van der Waals surface area contributed by atoms with E-state index in [1.165, 1.54) is 38.6 Å². The molecule has 0 bridgehead atoms. The fourth-order valence-corrected chi connectivity index (χ4v) is 3.19. The summed E-state index contributed by atoms with van der Waals surface area (Å²) < 4.78 is 0. The van der Waals surface area contributed by atoms with E-state index in [0.29, 0.717) is 6.04 Å². The van der Waals surface area contributed by atoms with Crippen LogP contribution in [0.4, 0.5) is 0 Å². The number of rotatable bonds is 6. The van der Waals surface area contributed by atoms with Crippen molar-refractivity contribution in [2.75, 3.05) is 20.6 Å². The molecule has 3 atom stereocenters. The highest BCUT2D eigenvalue weighted by Crippen LogP contribution is 2.32. The van der Waals surface area contributed by atoms with Crippen LogP contribution in [0.1, 0.15) is 52.9 Å². The second-order valence-electron chi connectivity index (χ2n) is 6.16. The number of hydrogen-bond acceptors (Lipinski definition) is 2. The molecule has 0 aliphatic heterocycles. The van der Waals surface area contributed by atoms with Crippen LogP contribution in [0, 0.1) is 11.8 Å². The van der Waals surface area contributed by atoms with Crippen LogP contribution in [0.3, 0.4) is 0 Å². The van der Waals surface area contributed by atoms with E-state index >= 15 is 0 Å². The Balaban J connectivity index is 2.50. The van der Waals surface area contributed by atoms with E-state index in [-0.39, 0.29) is 0 Å². The van der Waals surface area contributed by atoms with Crippen LogP contribution in [0.25, 0.3) is 0 Å². The Morgan fingerprint density at radius 1 is 1.29 bits per heavy atom. The fraction of sp³-hybridized carbons (Fsp3) is 1.00. The summed E-state index contributed by atoms with van der Waals surface area (Å²) in [6.07, 6.45) is 7.01. The third-order valence-electron chi connectivity index (χ3n) is 4.56. The first-order valence-electron chi connectivity index (χ1n) is 7.45. The van der Waals surface area contributed by atoms with Gasteiger partial charge >= 0.3 is 0 Å². The van der Waals surface area contributed by atoms with Gasteiger partial charge in [-0.3, -0.25) is 0 Å². The molecule has 1 aliphatic rings. The van der Waals surface area contributed by atoms with Gasteiger partial charge in [0.1, 0.15) is 0 Å². The second-order valence-corrected chi connectivity index (χ2v) is 6.16. The minimum absolute atomic E-state index is 0.666. The smallest absolute Gasteiger partial charge is 0.0105 e. The molecule has 102 valence electrons. The summed E-state index contributed by atoms with van der Waals surface area (Å²) in [6.45, 7) is 8.16. The molecule has 0 aromatic heterocycles. The van der Waals surface area contributed by atoms with Gasteiger partial charge in [0.2, 0.25) is 0 Å². The third kappa shape index (κ3) is 4.59. The summed E-state index contributed by atoms with van der Waals surface area (Å²) >= 11 is 0. The van der Waals surface area contributed by atoms with Crippen molar-refractivity contribution in [3.05, 3.63) is 0 Å². The lowest BCUT2D eigenvalue weighted by atomic mass is 9.76. The van der Waals surface area contributed by atoms with Gasteiger partial charge in [-0.1, -0.05) is 19.8 Å². The Morgan fingerprint density at radius 2 is 2.00 bits per heavy atom. The highest BCUT2D eigenvalue weighted by atomic mass is 15.1. The van der Waals surface area contributed by atoms with Crippen molar-refractivity contribution in [3.63, 3.8) is 0 Å². The second kappa shape index (κ2) is 7.38. The van der Waals surface area contributed by atoms with E-state index < -0.39 is 0 Å². The van der Waals surface area contributed by atoms with Gasteiger partial charge in [-0.15, -0.1) is 0 Å². The predicted octanol–water partition coefficient (Wildman–Crippen LogP) is 3.13. The molecule has 0 aromatic carbocycles. The van der Waals surface area contributed by atoms with Crippen molar-refractivity contribution in [3.8, 4) is 0 Å². The van der Waals surface area contributed by atoms with E-state index in [1.807, 2.05) is 0 Å². The maximum atomic E-state index is 3.53. The highest BCUT2D eigenvalue weighted by Gasteiger charge is 2.30. The average molecular weight is 240 g/mol. The molecule has 3 unspecified atom stereocenters. The van der Waals surface area contributed by atoms with Crippen molar-refractivity contribution >= 4 is 0 Å². The zero-order chi connectivity index (χ0) is 12.8. The highest BCUT2D eigenvalue weighted by molar-refractivity contribution is 4.85. The largest absolute Gasteiger partial charge is 0.317 e. The zero-order valence-corrected chi connectivity index (χ0v) is 12.5. The van der Waals surface area contributed by atoms with Crippen LogP contribution >= 0.6 is 0 Å². The minimum Gasteiger partial charge on any atom is -0.317 e. The summed E-state index contributed by atoms with van der Waals surface area (Å²) in [6, 6.07) is 1.41. The van der Waals surface area contributed by atoms with E-state index in [4.69, 9.17) is 0 Å². The van der Waals surface area contributed by atoms with Crippen LogP contribution in [-0.2, 0) is 0 Å². The first-order valence-corrected chi connectivity index (χ1v) is 7.45. The lowest BCUT2D eigenvalue weighted by Gasteiger charge is -2.39. The normalized spacial score (nSPS) is 30.2. The van der Waals surface area contributed by atoms with Gasteiger partial charge in [0.25, 0.3) is 0 Å². The van der Waals surface area contributed by atoms with E-state index in [9.17, 15) is 0 Å². The van der Waals surface area contributed by atoms with Crippen molar-refractivity contribution in [2.45, 2.75) is 65.0 Å². The zero-order valence-electron chi connectivity index (χ0n) is 12.5. The van der Waals surface area contributed by atoms with E-state index in [1.54, 1.807) is 0 Å². The molecule has 1 saturated carbocycles. The summed E-state index contributed by atoms with van der Waals surface area (Å²) in [5, 5.41) is 3.53. The predicted molar refractivity (Wildman–Crippen MR) is 76.4 cm³/mol. The molecule has 1 N–H and O–H groups in total. The Morgan fingerprint density at radius 3 is 2.53 bits per heavy atom. The summed E-state index contributed by atoms with van der Waals surface area (Å²) in [5.74, 6) is 1.83. The Kier molecular flexibility index (Phi) is 6.50. The molecule has 0 saturated heterocycles. The van der Waals surface area contributed by atoms with Gasteiger partial charge in [0, 0.05) is 18.6 Å². The molecular weight excluding hydrogens is 208 g/mol. The first kappa shape index (κ1) is 15.0. The van der Waals surface area contributed by atoms with Gasteiger partial charge in [-0.25, -0.2) is 0 Å². The SMILES string of the molecule is CCCC1CCC(NC)C(CN(C)C(C)C)C1. The molecular formula is C15H32N2. The topological polar surface area (TPSA) is 15.3 Å². The summed E-state index contributed by atoms with van der Waals surface area (Å²) in [4.78, 5) is 2.50. The monoisotopic (exact) mass is 240 g/mol. The standard InChI is InChI=1S/C15H32N2/c1-6-7-13-8-9-15(16-4)14(10-13)11-17(5)12(2)3/h12-16H,6-11H2,1-5H3. The number of nitrogens with one attached hydrogen (secondary N) is 1. The lowest BCUT2D eigenvalue weighted by Crippen LogP contribution is -2.45. The molecule has 2 nitrogen and oxygen atoms in total. The van der Waals surface area contributed by atoms with Crippen LogP contribution in [0.2, 0.25) is 0 Å². The molecule has 0 amide bonds. The van der Waals surface area contributed by atoms with Crippen LogP contribution in [-0.4, -0.2) is 37.6 Å². The molecule has 0 radical (unpaired) electrons. The molecule has 0 heterocycles. The van der Waals surface area contributed by atoms with Gasteiger partial charge in [-0.2, -0.15) is 0 Å². The average Bonchev–Trinajstić information content (AvgIpc) is 2.29. The van der Waals surface area contributed by atoms with Crippen molar-refractivity contribution in [1.29, 1.82) is 0 Å². The molecule has 2 heteroatoms. The molecule has 0 aromatic rings. The maximum Gasteiger partial charge on any atom is 0.0105 e. The molecule has 1 rings (SSSR count). The van der Waals surface area contributed by atoms with Gasteiger partial charge < -0.3 is 10.2 Å². The lowest BCUT2D eigenvalue weighted by molar-refractivity contribution is 0.138. The van der Waals surface area contributed by atoms with Gasteiger partial charge in [0.15, 0.2) is 0 Å². The first-order chi connectivity index (χ1) is 8.08. The number of hydrogen-bond donors (Lipinski definition) is 1. The Bertz CT molecular complexity index is 203. The Labute approximate surface area is 108 Å². The van der Waals surface area contributed by atoms with Crippen molar-refractivity contribution in [2.24, 2.45) is 11.8 Å². The fourth-order valence-electron chi connectivity index (χ4n) is 3.19. The van der Waals surface area contributed by atoms with Crippen LogP contribution in [0.5, 0.6) is 0 Å². The van der Waals surface area contributed by atoms with E-state index in [2.05, 4.69) is 45.1 Å². The third-order valence-corrected chi connectivity index (χ3v) is 4.56. The molecule has 17 heavy (non-hydrogen) atoms. The molecule has 1 aliphatic carbocycles. The molecule has 1 fully saturated rings. The summed E-state index contributed by atoms with van der Waals surface area (Å²) in [7, 11) is 4.40. The maximum absolute atomic E-state index is 3.53. The molecule has 0 spiro atoms. The quantitative estimate of drug-likeness (QED) is 0.767.